The Labute approximate surface area is 114 Å². The smallest absolute Gasteiger partial charge is 0.410 e. The van der Waals surface area contributed by atoms with Crippen molar-refractivity contribution in [2.24, 2.45) is 0 Å². The highest BCUT2D eigenvalue weighted by molar-refractivity contribution is 5.68. The minimum Gasteiger partial charge on any atom is -0.498 e. The number of nitrogens with zero attached hydrogens (tertiary/aromatic N) is 1. The van der Waals surface area contributed by atoms with Crippen LogP contribution in [0.2, 0.25) is 0 Å². The van der Waals surface area contributed by atoms with Crippen LogP contribution in [0.15, 0.2) is 11.8 Å². The van der Waals surface area contributed by atoms with Crippen molar-refractivity contribution in [2.45, 2.75) is 44.8 Å². The highest BCUT2D eigenvalue weighted by Crippen LogP contribution is 2.37. The zero-order valence-electron chi connectivity index (χ0n) is 12.2. The summed E-state index contributed by atoms with van der Waals surface area (Å²) in [4.78, 5) is 13.7. The number of piperidine rings is 1. The van der Waals surface area contributed by atoms with Crippen molar-refractivity contribution >= 4 is 6.09 Å². The van der Waals surface area contributed by atoms with E-state index in [1.54, 1.807) is 12.0 Å². The van der Waals surface area contributed by atoms with Crippen molar-refractivity contribution in [1.29, 1.82) is 0 Å². The number of carbonyl (C=O) groups is 1. The molecule has 5 nitrogen and oxygen atoms in total. The molecule has 0 saturated carbocycles. The van der Waals surface area contributed by atoms with E-state index in [0.29, 0.717) is 19.7 Å². The lowest BCUT2D eigenvalue weighted by Crippen LogP contribution is -2.49. The van der Waals surface area contributed by atoms with Crippen molar-refractivity contribution in [1.82, 2.24) is 4.90 Å². The summed E-state index contributed by atoms with van der Waals surface area (Å²) in [7, 11) is 1.67. The Kier molecular flexibility index (Phi) is 3.76. The van der Waals surface area contributed by atoms with Crippen LogP contribution in [0.3, 0.4) is 0 Å². The fraction of sp³-hybridized carbons (Fsp3) is 0.786. The van der Waals surface area contributed by atoms with Crippen LogP contribution in [0.1, 0.15) is 33.6 Å². The second-order valence-corrected chi connectivity index (χ2v) is 6.05. The molecule has 2 aliphatic heterocycles. The minimum atomic E-state index is -0.451. The molecule has 2 heterocycles. The highest BCUT2D eigenvalue weighted by atomic mass is 16.6. The second kappa shape index (κ2) is 5.04. The number of carbonyl (C=O) groups excluding carboxylic acids is 1. The van der Waals surface area contributed by atoms with Crippen LogP contribution in [0, 0.1) is 0 Å². The maximum absolute atomic E-state index is 12.0. The Morgan fingerprint density at radius 2 is 2.00 bits per heavy atom. The van der Waals surface area contributed by atoms with Crippen molar-refractivity contribution in [3.05, 3.63) is 11.8 Å². The number of hydrogen-bond acceptors (Lipinski definition) is 4. The van der Waals surface area contributed by atoms with Gasteiger partial charge in [-0.3, -0.25) is 0 Å². The predicted molar refractivity (Wildman–Crippen MR) is 70.8 cm³/mol. The van der Waals surface area contributed by atoms with Gasteiger partial charge in [-0.25, -0.2) is 4.79 Å². The molecule has 0 bridgehead atoms. The fourth-order valence-corrected chi connectivity index (χ4v) is 2.57. The van der Waals surface area contributed by atoms with Crippen molar-refractivity contribution in [3.8, 4) is 0 Å². The van der Waals surface area contributed by atoms with Crippen LogP contribution in [-0.4, -0.2) is 49.0 Å². The van der Waals surface area contributed by atoms with Crippen LogP contribution in [0.5, 0.6) is 0 Å². The third-order valence-corrected chi connectivity index (χ3v) is 3.52. The van der Waals surface area contributed by atoms with Crippen molar-refractivity contribution in [2.75, 3.05) is 26.8 Å². The fourth-order valence-electron chi connectivity index (χ4n) is 2.57. The SMILES string of the molecule is COC1=CCOC12CCN(C(=O)OC(C)(C)C)CC2. The summed E-state index contributed by atoms with van der Waals surface area (Å²) in [5.41, 5.74) is -0.777. The van der Waals surface area contributed by atoms with Crippen molar-refractivity contribution < 1.29 is 19.0 Å². The summed E-state index contributed by atoms with van der Waals surface area (Å²) < 4.78 is 16.6. The maximum atomic E-state index is 12.0. The third-order valence-electron chi connectivity index (χ3n) is 3.52. The van der Waals surface area contributed by atoms with E-state index in [9.17, 15) is 4.79 Å². The molecule has 0 atom stereocenters. The van der Waals surface area contributed by atoms with Gasteiger partial charge in [-0.2, -0.15) is 0 Å². The Hall–Kier alpha value is -1.23. The van der Waals surface area contributed by atoms with E-state index in [-0.39, 0.29) is 11.7 Å². The summed E-state index contributed by atoms with van der Waals surface area (Å²) >= 11 is 0. The zero-order chi connectivity index (χ0) is 14.1. The Bertz CT molecular complexity index is 375. The van der Waals surface area contributed by atoms with E-state index in [4.69, 9.17) is 14.2 Å². The molecule has 2 aliphatic rings. The first-order chi connectivity index (χ1) is 8.86. The molecule has 0 unspecified atom stereocenters. The van der Waals surface area contributed by atoms with Gasteiger partial charge < -0.3 is 19.1 Å². The second-order valence-electron chi connectivity index (χ2n) is 6.05. The standard InChI is InChI=1S/C14H23NO4/c1-13(2,3)19-12(16)15-8-6-14(7-9-15)11(17-4)5-10-18-14/h5H,6-10H2,1-4H3. The molecule has 0 N–H and O–H groups in total. The average molecular weight is 269 g/mol. The van der Waals surface area contributed by atoms with Crippen LogP contribution < -0.4 is 0 Å². The number of ether oxygens (including phenoxy) is 3. The number of methoxy groups -OCH3 is 1. The molecule has 1 saturated heterocycles. The van der Waals surface area contributed by atoms with Crippen LogP contribution in [0.25, 0.3) is 0 Å². The zero-order valence-corrected chi connectivity index (χ0v) is 12.2. The van der Waals surface area contributed by atoms with Gasteiger partial charge >= 0.3 is 6.09 Å². The molecule has 0 aromatic carbocycles. The molecule has 1 amide bonds. The first-order valence-electron chi connectivity index (χ1n) is 6.73. The first kappa shape index (κ1) is 14.2. The summed E-state index contributed by atoms with van der Waals surface area (Å²) in [6.07, 6.45) is 3.24. The van der Waals surface area contributed by atoms with Gasteiger partial charge in [0.25, 0.3) is 0 Å². The van der Waals surface area contributed by atoms with Gasteiger partial charge in [0.15, 0.2) is 0 Å². The molecule has 5 heteroatoms. The first-order valence-corrected chi connectivity index (χ1v) is 6.73. The monoisotopic (exact) mass is 269 g/mol. The third kappa shape index (κ3) is 3.03. The molecule has 108 valence electrons. The van der Waals surface area contributed by atoms with Gasteiger partial charge in [-0.15, -0.1) is 0 Å². The maximum Gasteiger partial charge on any atom is 0.410 e. The quantitative estimate of drug-likeness (QED) is 0.733. The summed E-state index contributed by atoms with van der Waals surface area (Å²) in [5.74, 6) is 0.899. The van der Waals surface area contributed by atoms with Gasteiger partial charge in [0, 0.05) is 25.9 Å². The van der Waals surface area contributed by atoms with E-state index in [1.807, 2.05) is 26.8 Å². The average Bonchev–Trinajstić information content (AvgIpc) is 2.70. The van der Waals surface area contributed by atoms with Crippen molar-refractivity contribution in [3.63, 3.8) is 0 Å². The highest BCUT2D eigenvalue weighted by Gasteiger charge is 2.44. The molecule has 0 aromatic rings. The predicted octanol–water partition coefficient (Wildman–Crippen LogP) is 2.32. The Balaban J connectivity index is 1.93. The van der Waals surface area contributed by atoms with Gasteiger partial charge in [-0.1, -0.05) is 0 Å². The number of rotatable bonds is 1. The van der Waals surface area contributed by atoms with E-state index in [1.165, 1.54) is 0 Å². The number of amides is 1. The largest absolute Gasteiger partial charge is 0.498 e. The summed E-state index contributed by atoms with van der Waals surface area (Å²) in [6, 6.07) is 0. The molecule has 2 rings (SSSR count). The lowest BCUT2D eigenvalue weighted by Gasteiger charge is -2.39. The summed E-state index contributed by atoms with van der Waals surface area (Å²) in [6.45, 7) is 7.49. The van der Waals surface area contributed by atoms with Gasteiger partial charge in [0.2, 0.25) is 0 Å². The minimum absolute atomic E-state index is 0.247. The van der Waals surface area contributed by atoms with Gasteiger partial charge in [-0.05, 0) is 26.8 Å². The van der Waals surface area contributed by atoms with E-state index in [2.05, 4.69) is 0 Å². The van der Waals surface area contributed by atoms with Crippen LogP contribution in [0.4, 0.5) is 4.79 Å². The Morgan fingerprint density at radius 1 is 1.37 bits per heavy atom. The molecule has 19 heavy (non-hydrogen) atoms. The molecule has 1 spiro atoms. The molecule has 0 radical (unpaired) electrons. The number of hydrogen-bond donors (Lipinski definition) is 0. The summed E-state index contributed by atoms with van der Waals surface area (Å²) in [5, 5.41) is 0. The normalized spacial score (nSPS) is 22.3. The lowest BCUT2D eigenvalue weighted by molar-refractivity contribution is -0.0584. The Morgan fingerprint density at radius 3 is 2.53 bits per heavy atom. The molecule has 0 aromatic heterocycles. The topological polar surface area (TPSA) is 48.0 Å². The van der Waals surface area contributed by atoms with E-state index < -0.39 is 5.60 Å². The van der Waals surface area contributed by atoms with Gasteiger partial charge in [0.1, 0.15) is 17.0 Å². The lowest BCUT2D eigenvalue weighted by atomic mass is 9.90. The van der Waals surface area contributed by atoms with E-state index in [0.717, 1.165) is 18.6 Å². The van der Waals surface area contributed by atoms with E-state index >= 15 is 0 Å². The number of likely N-dealkylation sites (tertiary alicyclic amines) is 1. The molecular weight excluding hydrogens is 246 g/mol. The van der Waals surface area contributed by atoms with Gasteiger partial charge in [0.05, 0.1) is 13.7 Å². The molecule has 1 fully saturated rings. The molecule has 0 aliphatic carbocycles. The van der Waals surface area contributed by atoms with Crippen LogP contribution in [-0.2, 0) is 14.2 Å². The molecular formula is C14H23NO4. The van der Waals surface area contributed by atoms with Crippen LogP contribution >= 0.6 is 0 Å².